The molecule has 1 saturated carbocycles. The minimum absolute atomic E-state index is 0.163. The van der Waals surface area contributed by atoms with Gasteiger partial charge >= 0.3 is 0 Å². The summed E-state index contributed by atoms with van der Waals surface area (Å²) in [5, 5.41) is 3.11. The van der Waals surface area contributed by atoms with E-state index >= 15 is 0 Å². The largest absolute Gasteiger partial charge is 0.353 e. The Bertz CT molecular complexity index is 386. The zero-order chi connectivity index (χ0) is 13.5. The van der Waals surface area contributed by atoms with E-state index in [4.69, 9.17) is 5.73 Å². The van der Waals surface area contributed by atoms with Gasteiger partial charge in [0.05, 0.1) is 0 Å². The molecule has 3 N–H and O–H groups in total. The normalized spacial score (nSPS) is 23.0. The lowest BCUT2D eigenvalue weighted by Gasteiger charge is -2.26. The smallest absolute Gasteiger partial charge is 0.220 e. The first kappa shape index (κ1) is 14.0. The van der Waals surface area contributed by atoms with Crippen molar-refractivity contribution in [3.05, 3.63) is 30.1 Å². The van der Waals surface area contributed by atoms with E-state index in [1.54, 1.807) is 6.20 Å². The molecule has 19 heavy (non-hydrogen) atoms. The molecule has 0 aliphatic heterocycles. The first-order valence-electron chi connectivity index (χ1n) is 7.19. The van der Waals surface area contributed by atoms with Crippen LogP contribution in [0.1, 0.15) is 44.2 Å². The minimum atomic E-state index is 0.163. The van der Waals surface area contributed by atoms with Gasteiger partial charge in [-0.2, -0.15) is 0 Å². The lowest BCUT2D eigenvalue weighted by molar-refractivity contribution is -0.122. The molecule has 4 nitrogen and oxygen atoms in total. The van der Waals surface area contributed by atoms with Crippen LogP contribution in [0.25, 0.3) is 0 Å². The number of nitrogens with one attached hydrogen (secondary N) is 1. The molecule has 104 valence electrons. The second-order valence-corrected chi connectivity index (χ2v) is 5.35. The van der Waals surface area contributed by atoms with Crippen molar-refractivity contribution in [2.24, 2.45) is 5.73 Å². The van der Waals surface area contributed by atoms with Crippen LogP contribution in [-0.4, -0.2) is 23.0 Å². The maximum absolute atomic E-state index is 11.8. The number of nitrogens with zero attached hydrogens (tertiary/aromatic N) is 1. The lowest BCUT2D eigenvalue weighted by Crippen LogP contribution is -2.40. The third kappa shape index (κ3) is 4.99. The lowest BCUT2D eigenvalue weighted by atomic mass is 9.92. The number of hydrogen-bond donors (Lipinski definition) is 2. The van der Waals surface area contributed by atoms with Gasteiger partial charge in [0.2, 0.25) is 5.91 Å². The highest BCUT2D eigenvalue weighted by Crippen LogP contribution is 2.17. The van der Waals surface area contributed by atoms with Crippen molar-refractivity contribution in [1.82, 2.24) is 10.3 Å². The van der Waals surface area contributed by atoms with Gasteiger partial charge in [-0.1, -0.05) is 6.07 Å². The molecule has 0 spiro atoms. The van der Waals surface area contributed by atoms with Gasteiger partial charge in [-0.3, -0.25) is 9.78 Å². The summed E-state index contributed by atoms with van der Waals surface area (Å²) in [5.41, 5.74) is 6.91. The average Bonchev–Trinajstić information content (AvgIpc) is 2.43. The van der Waals surface area contributed by atoms with Gasteiger partial charge in [0, 0.05) is 30.4 Å². The predicted octanol–water partition coefficient (Wildman–Crippen LogP) is 1.79. The van der Waals surface area contributed by atoms with Gasteiger partial charge in [-0.15, -0.1) is 0 Å². The molecule has 1 fully saturated rings. The number of rotatable bonds is 5. The standard InChI is InChI=1S/C15H23N3O/c16-12-7-9-14(10-8-12)18-15(19)6-3-5-13-4-1-2-11-17-13/h1-2,4,11-12,14H,3,5-10,16H2,(H,18,19). The fourth-order valence-corrected chi connectivity index (χ4v) is 2.54. The number of carbonyl (C=O) groups excluding carboxylic acids is 1. The summed E-state index contributed by atoms with van der Waals surface area (Å²) in [7, 11) is 0. The van der Waals surface area contributed by atoms with E-state index < -0.39 is 0 Å². The van der Waals surface area contributed by atoms with Crippen molar-refractivity contribution in [3.63, 3.8) is 0 Å². The van der Waals surface area contributed by atoms with Crippen LogP contribution in [0.15, 0.2) is 24.4 Å². The van der Waals surface area contributed by atoms with E-state index in [9.17, 15) is 4.79 Å². The van der Waals surface area contributed by atoms with Gasteiger partial charge in [-0.05, 0) is 50.7 Å². The number of pyridine rings is 1. The molecule has 0 unspecified atom stereocenters. The Hall–Kier alpha value is -1.42. The highest BCUT2D eigenvalue weighted by Gasteiger charge is 2.19. The first-order chi connectivity index (χ1) is 9.24. The van der Waals surface area contributed by atoms with E-state index in [2.05, 4.69) is 10.3 Å². The SMILES string of the molecule is NC1CCC(NC(=O)CCCc2ccccn2)CC1. The molecular formula is C15H23N3O. The molecule has 0 atom stereocenters. The third-order valence-corrected chi connectivity index (χ3v) is 3.70. The van der Waals surface area contributed by atoms with E-state index in [1.807, 2.05) is 18.2 Å². The maximum atomic E-state index is 11.8. The summed E-state index contributed by atoms with van der Waals surface area (Å²) in [6.07, 6.45) is 8.19. The second kappa shape index (κ2) is 7.24. The summed E-state index contributed by atoms with van der Waals surface area (Å²) in [4.78, 5) is 16.1. The van der Waals surface area contributed by atoms with Crippen molar-refractivity contribution in [2.75, 3.05) is 0 Å². The van der Waals surface area contributed by atoms with E-state index in [-0.39, 0.29) is 5.91 Å². The molecule has 1 amide bonds. The van der Waals surface area contributed by atoms with Crippen LogP contribution in [0.3, 0.4) is 0 Å². The number of aryl methyl sites for hydroxylation is 1. The summed E-state index contributed by atoms with van der Waals surface area (Å²) < 4.78 is 0. The number of hydrogen-bond acceptors (Lipinski definition) is 3. The summed E-state index contributed by atoms with van der Waals surface area (Å²) in [6, 6.07) is 6.55. The van der Waals surface area contributed by atoms with Crippen LogP contribution in [0.2, 0.25) is 0 Å². The van der Waals surface area contributed by atoms with Gasteiger partial charge in [0.1, 0.15) is 0 Å². The zero-order valence-corrected chi connectivity index (χ0v) is 11.3. The summed E-state index contributed by atoms with van der Waals surface area (Å²) in [6.45, 7) is 0. The maximum Gasteiger partial charge on any atom is 0.220 e. The monoisotopic (exact) mass is 261 g/mol. The van der Waals surface area contributed by atoms with E-state index in [1.165, 1.54) is 0 Å². The molecule has 1 aromatic heterocycles. The molecule has 1 aliphatic carbocycles. The molecule has 1 heterocycles. The Morgan fingerprint density at radius 1 is 1.32 bits per heavy atom. The molecule has 0 bridgehead atoms. The van der Waals surface area contributed by atoms with Crippen LogP contribution in [0.5, 0.6) is 0 Å². The fourth-order valence-electron chi connectivity index (χ4n) is 2.54. The minimum Gasteiger partial charge on any atom is -0.353 e. The summed E-state index contributed by atoms with van der Waals surface area (Å²) in [5.74, 6) is 0.163. The van der Waals surface area contributed by atoms with Gasteiger partial charge in [0.15, 0.2) is 0 Å². The molecular weight excluding hydrogens is 238 g/mol. The number of nitrogens with two attached hydrogens (primary N) is 1. The molecule has 0 radical (unpaired) electrons. The topological polar surface area (TPSA) is 68.0 Å². The first-order valence-corrected chi connectivity index (χ1v) is 7.19. The third-order valence-electron chi connectivity index (χ3n) is 3.70. The molecule has 0 saturated heterocycles. The van der Waals surface area contributed by atoms with E-state index in [0.29, 0.717) is 18.5 Å². The Morgan fingerprint density at radius 2 is 2.11 bits per heavy atom. The van der Waals surface area contributed by atoms with Crippen molar-refractivity contribution in [3.8, 4) is 0 Å². The second-order valence-electron chi connectivity index (χ2n) is 5.35. The van der Waals surface area contributed by atoms with Crippen LogP contribution >= 0.6 is 0 Å². The highest BCUT2D eigenvalue weighted by atomic mass is 16.1. The summed E-state index contributed by atoms with van der Waals surface area (Å²) >= 11 is 0. The number of amides is 1. The zero-order valence-electron chi connectivity index (χ0n) is 11.3. The van der Waals surface area contributed by atoms with E-state index in [0.717, 1.165) is 44.2 Å². The predicted molar refractivity (Wildman–Crippen MR) is 75.5 cm³/mol. The Labute approximate surface area is 114 Å². The molecule has 1 aliphatic rings. The quantitative estimate of drug-likeness (QED) is 0.849. The molecule has 2 rings (SSSR count). The van der Waals surface area contributed by atoms with Crippen molar-refractivity contribution in [2.45, 2.75) is 57.0 Å². The highest BCUT2D eigenvalue weighted by molar-refractivity contribution is 5.76. The van der Waals surface area contributed by atoms with Gasteiger partial charge < -0.3 is 11.1 Å². The van der Waals surface area contributed by atoms with Crippen LogP contribution in [-0.2, 0) is 11.2 Å². The Balaban J connectivity index is 1.62. The van der Waals surface area contributed by atoms with Crippen LogP contribution in [0, 0.1) is 0 Å². The van der Waals surface area contributed by atoms with Gasteiger partial charge in [0.25, 0.3) is 0 Å². The van der Waals surface area contributed by atoms with Crippen LogP contribution in [0.4, 0.5) is 0 Å². The molecule has 1 aromatic rings. The number of aromatic nitrogens is 1. The van der Waals surface area contributed by atoms with Crippen molar-refractivity contribution >= 4 is 5.91 Å². The van der Waals surface area contributed by atoms with Crippen molar-refractivity contribution < 1.29 is 4.79 Å². The number of carbonyl (C=O) groups is 1. The van der Waals surface area contributed by atoms with Gasteiger partial charge in [-0.25, -0.2) is 0 Å². The Morgan fingerprint density at radius 3 is 2.79 bits per heavy atom. The fraction of sp³-hybridized carbons (Fsp3) is 0.600. The molecule has 0 aromatic carbocycles. The average molecular weight is 261 g/mol. The Kier molecular flexibility index (Phi) is 5.33. The van der Waals surface area contributed by atoms with Crippen LogP contribution < -0.4 is 11.1 Å². The molecule has 4 heteroatoms. The van der Waals surface area contributed by atoms with Crippen molar-refractivity contribution in [1.29, 1.82) is 0 Å².